The first kappa shape index (κ1) is 15.0. The van der Waals surface area contributed by atoms with Gasteiger partial charge in [-0.2, -0.15) is 0 Å². The predicted octanol–water partition coefficient (Wildman–Crippen LogP) is 1.80. The molecule has 0 unspecified atom stereocenters. The second-order valence-electron chi connectivity index (χ2n) is 4.06. The minimum absolute atomic E-state index is 0.0504. The predicted molar refractivity (Wildman–Crippen MR) is 71.8 cm³/mol. The van der Waals surface area contributed by atoms with Crippen molar-refractivity contribution >= 4 is 11.7 Å². The first-order chi connectivity index (χ1) is 9.08. The minimum Gasteiger partial charge on any atom is -0.493 e. The lowest BCUT2D eigenvalue weighted by Gasteiger charge is -2.11. The Morgan fingerprint density at radius 1 is 1.26 bits per heavy atom. The van der Waals surface area contributed by atoms with Crippen molar-refractivity contribution in [3.05, 3.63) is 23.8 Å². The highest BCUT2D eigenvalue weighted by atomic mass is 16.5. The van der Waals surface area contributed by atoms with E-state index < -0.39 is 0 Å². The Bertz CT molecular complexity index is 457. The van der Waals surface area contributed by atoms with E-state index >= 15 is 0 Å². The summed E-state index contributed by atoms with van der Waals surface area (Å²) < 4.78 is 10.5. The number of rotatable bonds is 7. The van der Waals surface area contributed by atoms with Gasteiger partial charge in [0.05, 0.1) is 7.11 Å². The lowest BCUT2D eigenvalue weighted by atomic mass is 10.1. The lowest BCUT2D eigenvalue weighted by Crippen LogP contribution is -2.29. The van der Waals surface area contributed by atoms with E-state index in [1.165, 1.54) is 14.0 Å². The summed E-state index contributed by atoms with van der Waals surface area (Å²) in [6.07, 6.45) is 0.877. The van der Waals surface area contributed by atoms with Crippen molar-refractivity contribution in [2.75, 3.05) is 20.3 Å². The van der Waals surface area contributed by atoms with E-state index in [4.69, 9.17) is 9.47 Å². The Kier molecular flexibility index (Phi) is 5.85. The fraction of sp³-hybridized carbons (Fsp3) is 0.429. The van der Waals surface area contributed by atoms with E-state index in [1.54, 1.807) is 18.2 Å². The Hall–Kier alpha value is -2.04. The number of Topliss-reactive ketones (excluding diaryl/α,β-unsaturated/α-hetero) is 1. The van der Waals surface area contributed by atoms with Gasteiger partial charge in [-0.3, -0.25) is 9.59 Å². The van der Waals surface area contributed by atoms with Crippen LogP contribution in [0, 0.1) is 0 Å². The van der Waals surface area contributed by atoms with Crippen LogP contribution in [0.4, 0.5) is 0 Å². The molecular weight excluding hydrogens is 246 g/mol. The smallest absolute Gasteiger partial charge is 0.257 e. The fourth-order valence-electron chi connectivity index (χ4n) is 1.46. The quantitative estimate of drug-likeness (QED) is 0.763. The molecule has 5 heteroatoms. The van der Waals surface area contributed by atoms with Gasteiger partial charge < -0.3 is 14.8 Å². The van der Waals surface area contributed by atoms with E-state index in [9.17, 15) is 9.59 Å². The standard InChI is InChI=1S/C14H19NO4/c1-4-7-15-14(17)9-19-12-6-5-11(10(2)16)8-13(12)18-3/h5-6,8H,4,7,9H2,1-3H3,(H,15,17). The van der Waals surface area contributed by atoms with Crippen LogP contribution in [-0.4, -0.2) is 32.0 Å². The van der Waals surface area contributed by atoms with Gasteiger partial charge in [-0.05, 0) is 31.5 Å². The molecule has 0 bridgehead atoms. The van der Waals surface area contributed by atoms with Crippen molar-refractivity contribution in [1.29, 1.82) is 0 Å². The number of amides is 1. The third-order valence-corrected chi connectivity index (χ3v) is 2.50. The number of benzene rings is 1. The van der Waals surface area contributed by atoms with Crippen LogP contribution < -0.4 is 14.8 Å². The van der Waals surface area contributed by atoms with Gasteiger partial charge in [0, 0.05) is 12.1 Å². The maximum absolute atomic E-state index is 11.4. The summed E-state index contributed by atoms with van der Waals surface area (Å²) in [5.74, 6) is 0.653. The van der Waals surface area contributed by atoms with Gasteiger partial charge in [0.2, 0.25) is 0 Å². The number of nitrogens with one attached hydrogen (secondary N) is 1. The molecule has 1 aromatic rings. The van der Waals surface area contributed by atoms with Gasteiger partial charge in [-0.1, -0.05) is 6.92 Å². The first-order valence-corrected chi connectivity index (χ1v) is 6.17. The molecule has 104 valence electrons. The van der Waals surface area contributed by atoms with Crippen LogP contribution in [0.1, 0.15) is 30.6 Å². The monoisotopic (exact) mass is 265 g/mol. The minimum atomic E-state index is -0.181. The molecule has 0 aliphatic carbocycles. The summed E-state index contributed by atoms with van der Waals surface area (Å²) in [5.41, 5.74) is 0.541. The molecule has 1 rings (SSSR count). The Morgan fingerprint density at radius 2 is 2.00 bits per heavy atom. The summed E-state index contributed by atoms with van der Waals surface area (Å²) in [6.45, 7) is 4.01. The summed E-state index contributed by atoms with van der Waals surface area (Å²) in [7, 11) is 1.49. The van der Waals surface area contributed by atoms with Crippen molar-refractivity contribution in [3.63, 3.8) is 0 Å². The fourth-order valence-corrected chi connectivity index (χ4v) is 1.46. The van der Waals surface area contributed by atoms with Crippen LogP contribution in [0.25, 0.3) is 0 Å². The number of methoxy groups -OCH3 is 1. The normalized spacial score (nSPS) is 9.84. The molecular formula is C14H19NO4. The van der Waals surface area contributed by atoms with Gasteiger partial charge in [0.1, 0.15) is 0 Å². The first-order valence-electron chi connectivity index (χ1n) is 6.17. The molecule has 0 fully saturated rings. The van der Waals surface area contributed by atoms with Crippen LogP contribution in [0.3, 0.4) is 0 Å². The Labute approximate surface area is 112 Å². The molecule has 0 saturated carbocycles. The largest absolute Gasteiger partial charge is 0.493 e. The maximum atomic E-state index is 11.4. The summed E-state index contributed by atoms with van der Waals surface area (Å²) >= 11 is 0. The molecule has 0 aliphatic rings. The van der Waals surface area contributed by atoms with E-state index in [2.05, 4.69) is 5.32 Å². The number of carbonyl (C=O) groups excluding carboxylic acids is 2. The van der Waals surface area contributed by atoms with Crippen LogP contribution in [0.5, 0.6) is 11.5 Å². The molecule has 1 N–H and O–H groups in total. The molecule has 5 nitrogen and oxygen atoms in total. The van der Waals surface area contributed by atoms with Crippen molar-refractivity contribution in [1.82, 2.24) is 5.32 Å². The van der Waals surface area contributed by atoms with Crippen LogP contribution in [0.2, 0.25) is 0 Å². The molecule has 0 radical (unpaired) electrons. The number of hydrogen-bond donors (Lipinski definition) is 1. The molecule has 1 amide bonds. The number of hydrogen-bond acceptors (Lipinski definition) is 4. The highest BCUT2D eigenvalue weighted by molar-refractivity contribution is 5.94. The second kappa shape index (κ2) is 7.41. The number of carbonyl (C=O) groups is 2. The van der Waals surface area contributed by atoms with Crippen LogP contribution >= 0.6 is 0 Å². The zero-order valence-corrected chi connectivity index (χ0v) is 11.5. The van der Waals surface area contributed by atoms with Crippen LogP contribution in [0.15, 0.2) is 18.2 Å². The SMILES string of the molecule is CCCNC(=O)COc1ccc(C(C)=O)cc1OC. The average molecular weight is 265 g/mol. The molecule has 0 spiro atoms. The molecule has 0 saturated heterocycles. The highest BCUT2D eigenvalue weighted by Gasteiger charge is 2.10. The summed E-state index contributed by atoms with van der Waals surface area (Å²) in [6, 6.07) is 4.87. The third kappa shape index (κ3) is 4.62. The third-order valence-electron chi connectivity index (χ3n) is 2.50. The van der Waals surface area contributed by atoms with Crippen molar-refractivity contribution in [2.45, 2.75) is 20.3 Å². The van der Waals surface area contributed by atoms with E-state index in [-0.39, 0.29) is 18.3 Å². The summed E-state index contributed by atoms with van der Waals surface area (Å²) in [4.78, 5) is 22.7. The van der Waals surface area contributed by atoms with Gasteiger partial charge in [-0.15, -0.1) is 0 Å². The van der Waals surface area contributed by atoms with E-state index in [0.29, 0.717) is 23.6 Å². The zero-order valence-electron chi connectivity index (χ0n) is 11.5. The molecule has 0 atom stereocenters. The topological polar surface area (TPSA) is 64.6 Å². The number of ketones is 1. The van der Waals surface area contributed by atoms with E-state index in [1.807, 2.05) is 6.92 Å². The van der Waals surface area contributed by atoms with Crippen molar-refractivity contribution in [2.24, 2.45) is 0 Å². The Morgan fingerprint density at radius 3 is 2.58 bits per heavy atom. The van der Waals surface area contributed by atoms with Crippen molar-refractivity contribution < 1.29 is 19.1 Å². The van der Waals surface area contributed by atoms with Gasteiger partial charge in [0.15, 0.2) is 23.9 Å². The second-order valence-corrected chi connectivity index (χ2v) is 4.06. The highest BCUT2D eigenvalue weighted by Crippen LogP contribution is 2.28. The van der Waals surface area contributed by atoms with E-state index in [0.717, 1.165) is 6.42 Å². The molecule has 19 heavy (non-hydrogen) atoms. The van der Waals surface area contributed by atoms with Crippen LogP contribution in [-0.2, 0) is 4.79 Å². The molecule has 0 heterocycles. The van der Waals surface area contributed by atoms with Gasteiger partial charge in [-0.25, -0.2) is 0 Å². The Balaban J connectivity index is 2.68. The maximum Gasteiger partial charge on any atom is 0.257 e. The zero-order chi connectivity index (χ0) is 14.3. The van der Waals surface area contributed by atoms with Gasteiger partial charge >= 0.3 is 0 Å². The average Bonchev–Trinajstić information content (AvgIpc) is 2.42. The molecule has 1 aromatic carbocycles. The van der Waals surface area contributed by atoms with Gasteiger partial charge in [0.25, 0.3) is 5.91 Å². The summed E-state index contributed by atoms with van der Waals surface area (Å²) in [5, 5.41) is 2.71. The molecule has 0 aliphatic heterocycles. The molecule has 0 aromatic heterocycles. The lowest BCUT2D eigenvalue weighted by molar-refractivity contribution is -0.123. The van der Waals surface area contributed by atoms with Crippen molar-refractivity contribution in [3.8, 4) is 11.5 Å². The number of ether oxygens (including phenoxy) is 2.